The Morgan fingerprint density at radius 1 is 1.55 bits per heavy atom. The average Bonchev–Trinajstić information content (AvgIpc) is 2.04. The number of carbonyl (C=O) groups is 1. The van der Waals surface area contributed by atoms with Crippen LogP contribution in [0.3, 0.4) is 0 Å². The summed E-state index contributed by atoms with van der Waals surface area (Å²) in [5.41, 5.74) is 0. The summed E-state index contributed by atoms with van der Waals surface area (Å²) in [5, 5.41) is 0. The van der Waals surface area contributed by atoms with Crippen LogP contribution >= 0.6 is 0 Å². The van der Waals surface area contributed by atoms with Crippen LogP contribution in [0.1, 0.15) is 0 Å². The fourth-order valence-electron chi connectivity index (χ4n) is 0.772. The van der Waals surface area contributed by atoms with Crippen molar-refractivity contribution >= 4 is 22.4 Å². The number of halogens is 1. The molecule has 0 heterocycles. The number of hydrogen-bond acceptors (Lipinski definition) is 2. The van der Waals surface area contributed by atoms with Gasteiger partial charge < -0.3 is 4.79 Å². The van der Waals surface area contributed by atoms with E-state index in [4.69, 9.17) is 0 Å². The number of carbonyl (C=O) groups excluding carboxylic acids is 1. The molecule has 0 saturated carbocycles. The second-order valence-corrected chi connectivity index (χ2v) is 2.67. The molecule has 1 rings (SSSR count). The largest absolute Gasteiger partial charge is 0.302 e. The van der Waals surface area contributed by atoms with Crippen molar-refractivity contribution < 1.29 is 13.4 Å². The first kappa shape index (κ1) is 8.07. The third-order valence-electron chi connectivity index (χ3n) is 1.32. The highest BCUT2D eigenvalue weighted by Gasteiger charge is 2.14. The normalized spacial score (nSPS) is 22.8. The average molecular weight is 172 g/mol. The minimum atomic E-state index is -0.692. The van der Waals surface area contributed by atoms with E-state index < -0.39 is 11.7 Å². The molecule has 58 valence electrons. The van der Waals surface area contributed by atoms with Crippen molar-refractivity contribution in [2.45, 2.75) is 0 Å². The fraction of sp³-hybridized carbons (Fsp3) is 0.143. The Morgan fingerprint density at radius 2 is 2.27 bits per heavy atom. The van der Waals surface area contributed by atoms with Gasteiger partial charge in [-0.05, 0) is 18.2 Å². The molecular formula is C7H5FO2S. The van der Waals surface area contributed by atoms with Gasteiger partial charge in [0.05, 0.1) is 22.0 Å². The maximum atomic E-state index is 12.4. The van der Waals surface area contributed by atoms with Crippen LogP contribution in [0.2, 0.25) is 0 Å². The molecule has 1 unspecified atom stereocenters. The van der Waals surface area contributed by atoms with Crippen LogP contribution in [-0.4, -0.2) is 15.4 Å². The minimum Gasteiger partial charge on any atom is -0.302 e. The molecule has 0 aromatic carbocycles. The number of aldehydes is 1. The lowest BCUT2D eigenvalue weighted by molar-refractivity contribution is -0.108. The van der Waals surface area contributed by atoms with Gasteiger partial charge in [0.1, 0.15) is 12.1 Å². The van der Waals surface area contributed by atoms with Gasteiger partial charge in [0, 0.05) is 0 Å². The summed E-state index contributed by atoms with van der Waals surface area (Å²) < 4.78 is 22.7. The molecule has 0 spiro atoms. The predicted octanol–water partition coefficient (Wildman–Crippen LogP) is 0.610. The molecule has 0 amide bonds. The molecule has 0 aliphatic heterocycles. The van der Waals surface area contributed by atoms with Gasteiger partial charge in [0.15, 0.2) is 0 Å². The van der Waals surface area contributed by atoms with Crippen molar-refractivity contribution in [3.63, 3.8) is 0 Å². The zero-order valence-electron chi connectivity index (χ0n) is 5.49. The molecule has 1 aliphatic carbocycles. The molecular weight excluding hydrogens is 167 g/mol. The van der Waals surface area contributed by atoms with E-state index in [0.717, 1.165) is 6.08 Å². The third-order valence-corrected chi connectivity index (χ3v) is 1.92. The summed E-state index contributed by atoms with van der Waals surface area (Å²) >= 11 is 0.218. The highest BCUT2D eigenvalue weighted by Crippen LogP contribution is 2.12. The smallest absolute Gasteiger partial charge is 0.132 e. The maximum Gasteiger partial charge on any atom is 0.132 e. The van der Waals surface area contributed by atoms with Gasteiger partial charge >= 0.3 is 0 Å². The topological polar surface area (TPSA) is 34.1 Å². The lowest BCUT2D eigenvalue weighted by atomic mass is 10.0. The molecule has 1 aliphatic rings. The molecule has 4 heteroatoms. The zero-order valence-corrected chi connectivity index (χ0v) is 6.31. The van der Waals surface area contributed by atoms with Gasteiger partial charge in [-0.15, -0.1) is 0 Å². The molecule has 2 nitrogen and oxygen atoms in total. The second kappa shape index (κ2) is 3.39. The van der Waals surface area contributed by atoms with Gasteiger partial charge in [-0.3, -0.25) is 0 Å². The summed E-state index contributed by atoms with van der Waals surface area (Å²) in [4.78, 5) is 10.6. The Morgan fingerprint density at radius 3 is 2.82 bits per heavy atom. The summed E-state index contributed by atoms with van der Waals surface area (Å²) in [6, 6.07) is 0. The lowest BCUT2D eigenvalue weighted by Gasteiger charge is -2.05. The van der Waals surface area contributed by atoms with Crippen molar-refractivity contribution in [1.29, 1.82) is 0 Å². The Hall–Kier alpha value is -1.03. The van der Waals surface area contributed by atoms with Gasteiger partial charge in [0.25, 0.3) is 0 Å². The second-order valence-electron chi connectivity index (χ2n) is 2.03. The van der Waals surface area contributed by atoms with Crippen LogP contribution in [0.4, 0.5) is 4.39 Å². The first-order chi connectivity index (χ1) is 5.27. The van der Waals surface area contributed by atoms with Crippen LogP contribution in [0.25, 0.3) is 0 Å². The van der Waals surface area contributed by atoms with Crippen molar-refractivity contribution in [2.75, 3.05) is 0 Å². The van der Waals surface area contributed by atoms with E-state index in [9.17, 15) is 13.4 Å². The predicted molar refractivity (Wildman–Crippen MR) is 41.0 cm³/mol. The number of rotatable bonds is 1. The molecule has 0 aromatic rings. The van der Waals surface area contributed by atoms with Gasteiger partial charge in [-0.1, -0.05) is 0 Å². The minimum absolute atomic E-state index is 0.218. The van der Waals surface area contributed by atoms with Crippen molar-refractivity contribution in [3.8, 4) is 0 Å². The summed E-state index contributed by atoms with van der Waals surface area (Å²) in [6.45, 7) is 0. The highest BCUT2D eigenvalue weighted by atomic mass is 32.1. The first-order valence-electron chi connectivity index (χ1n) is 2.95. The van der Waals surface area contributed by atoms with Crippen LogP contribution in [-0.2, 0) is 16.1 Å². The van der Waals surface area contributed by atoms with Crippen molar-refractivity contribution in [1.82, 2.24) is 0 Å². The molecule has 0 bridgehead atoms. The van der Waals surface area contributed by atoms with E-state index in [2.05, 4.69) is 0 Å². The fourth-order valence-corrected chi connectivity index (χ4v) is 1.13. The van der Waals surface area contributed by atoms with Gasteiger partial charge in [-0.2, -0.15) is 0 Å². The van der Waals surface area contributed by atoms with E-state index in [0.29, 0.717) is 11.2 Å². The van der Waals surface area contributed by atoms with E-state index >= 15 is 0 Å². The zero-order chi connectivity index (χ0) is 8.27. The Kier molecular flexibility index (Phi) is 2.48. The van der Waals surface area contributed by atoms with E-state index in [1.54, 1.807) is 0 Å². The molecule has 0 N–H and O–H groups in total. The molecule has 0 aromatic heterocycles. The third kappa shape index (κ3) is 1.71. The molecule has 0 fully saturated rings. The van der Waals surface area contributed by atoms with Crippen LogP contribution in [0.15, 0.2) is 24.1 Å². The van der Waals surface area contributed by atoms with E-state index in [-0.39, 0.29) is 11.3 Å². The molecule has 1 atom stereocenters. The SMILES string of the molecule is O=CC1C=C(F)C=CC1=S=O. The highest BCUT2D eigenvalue weighted by molar-refractivity contribution is 7.67. The summed E-state index contributed by atoms with van der Waals surface area (Å²) in [5.74, 6) is -1.16. The monoisotopic (exact) mass is 172 g/mol. The molecule has 0 radical (unpaired) electrons. The molecule has 0 saturated heterocycles. The lowest BCUT2D eigenvalue weighted by Crippen LogP contribution is -2.13. The molecule has 11 heavy (non-hydrogen) atoms. The van der Waals surface area contributed by atoms with Crippen LogP contribution < -0.4 is 0 Å². The first-order valence-corrected chi connectivity index (χ1v) is 3.69. The van der Waals surface area contributed by atoms with Crippen molar-refractivity contribution in [3.05, 3.63) is 24.1 Å². The summed E-state index contributed by atoms with van der Waals surface area (Å²) in [6.07, 6.45) is 4.16. The number of hydrogen-bond donors (Lipinski definition) is 0. The Bertz CT molecular complexity index is 287. The van der Waals surface area contributed by atoms with Crippen molar-refractivity contribution in [2.24, 2.45) is 5.92 Å². The maximum absolute atomic E-state index is 12.4. The van der Waals surface area contributed by atoms with Gasteiger partial charge in [0.2, 0.25) is 0 Å². The van der Waals surface area contributed by atoms with E-state index in [1.165, 1.54) is 12.2 Å². The number of allylic oxidation sites excluding steroid dienone is 4. The van der Waals surface area contributed by atoms with Gasteiger partial charge in [-0.25, -0.2) is 8.60 Å². The standard InChI is InChI=1S/C7H5FO2S/c8-6-1-2-7(11-10)5(3-6)4-9/h1-5H. The quantitative estimate of drug-likeness (QED) is 0.429. The van der Waals surface area contributed by atoms with Crippen LogP contribution in [0, 0.1) is 5.92 Å². The van der Waals surface area contributed by atoms with Crippen LogP contribution in [0.5, 0.6) is 0 Å². The Balaban J connectivity index is 3.01. The summed E-state index contributed by atoms with van der Waals surface area (Å²) in [7, 11) is 0. The van der Waals surface area contributed by atoms with E-state index in [1.807, 2.05) is 0 Å². The Labute approximate surface area is 66.5 Å².